The van der Waals surface area contributed by atoms with Gasteiger partial charge >= 0.3 is 5.97 Å². The van der Waals surface area contributed by atoms with Gasteiger partial charge < -0.3 is 4.74 Å². The van der Waals surface area contributed by atoms with E-state index in [4.69, 9.17) is 4.74 Å². The van der Waals surface area contributed by atoms with Gasteiger partial charge in [-0.15, -0.1) is 0 Å². The van der Waals surface area contributed by atoms with Crippen molar-refractivity contribution in [1.29, 1.82) is 0 Å². The van der Waals surface area contributed by atoms with Crippen LogP contribution in [-0.4, -0.2) is 12.6 Å². The monoisotopic (exact) mass is 478 g/mol. The number of rotatable bonds is 26. The van der Waals surface area contributed by atoms with Crippen molar-refractivity contribution in [3.05, 3.63) is 12.2 Å². The molecule has 0 aromatic heterocycles. The van der Waals surface area contributed by atoms with Gasteiger partial charge in [0.2, 0.25) is 0 Å². The van der Waals surface area contributed by atoms with Crippen LogP contribution in [0.25, 0.3) is 0 Å². The highest BCUT2D eigenvalue weighted by Gasteiger charge is 2.13. The Balaban J connectivity index is 4.00. The smallest absolute Gasteiger partial charge is 0.333 e. The summed E-state index contributed by atoms with van der Waals surface area (Å²) in [6.07, 6.45) is 29.9. The van der Waals surface area contributed by atoms with E-state index in [2.05, 4.69) is 27.4 Å². The molecule has 0 radical (unpaired) electrons. The molecule has 0 amide bonds. The molecule has 0 aliphatic carbocycles. The lowest BCUT2D eigenvalue weighted by Crippen LogP contribution is -2.15. The minimum atomic E-state index is -0.222. The molecule has 2 atom stereocenters. The van der Waals surface area contributed by atoms with E-state index < -0.39 is 0 Å². The molecule has 202 valence electrons. The largest absolute Gasteiger partial charge is 0.462 e. The predicted octanol–water partition coefficient (Wildman–Crippen LogP) is 11.0. The molecule has 2 nitrogen and oxygen atoms in total. The van der Waals surface area contributed by atoms with Gasteiger partial charge in [-0.2, -0.15) is 0 Å². The van der Waals surface area contributed by atoms with Crippen molar-refractivity contribution in [1.82, 2.24) is 0 Å². The van der Waals surface area contributed by atoms with Crippen molar-refractivity contribution in [2.24, 2.45) is 11.8 Å². The Morgan fingerprint density at radius 2 is 1.00 bits per heavy atom. The van der Waals surface area contributed by atoms with Crippen molar-refractivity contribution < 1.29 is 9.53 Å². The van der Waals surface area contributed by atoms with Gasteiger partial charge in [-0.25, -0.2) is 4.79 Å². The van der Waals surface area contributed by atoms with Crippen LogP contribution in [0.4, 0.5) is 0 Å². The fraction of sp³-hybridized carbons (Fsp3) is 0.906. The molecule has 0 fully saturated rings. The molecule has 0 saturated heterocycles. The third-order valence-electron chi connectivity index (χ3n) is 7.37. The zero-order chi connectivity index (χ0) is 25.3. The first-order chi connectivity index (χ1) is 16.5. The summed E-state index contributed by atoms with van der Waals surface area (Å²) in [5, 5.41) is 0. The average molecular weight is 479 g/mol. The summed E-state index contributed by atoms with van der Waals surface area (Å²) in [5.74, 6) is 1.12. The van der Waals surface area contributed by atoms with Crippen LogP contribution < -0.4 is 0 Å². The van der Waals surface area contributed by atoms with Gasteiger partial charge in [0.15, 0.2) is 0 Å². The van der Waals surface area contributed by atoms with Crippen LogP contribution in [0.3, 0.4) is 0 Å². The summed E-state index contributed by atoms with van der Waals surface area (Å²) < 4.78 is 5.55. The van der Waals surface area contributed by atoms with E-state index in [1.165, 1.54) is 141 Å². The van der Waals surface area contributed by atoms with Crippen LogP contribution in [-0.2, 0) is 9.53 Å². The normalized spacial score (nSPS) is 13.1. The number of unbranched alkanes of at least 4 members (excludes halogenated alkanes) is 15. The molecular formula is C32H62O2. The summed E-state index contributed by atoms with van der Waals surface area (Å²) in [7, 11) is 0. The standard InChI is InChI=1S/C32H62O2/c1-6-8-10-12-14-15-16-18-20-22-26-31(28-34-32(33)29(3)4)27-23-25-30(5)24-21-19-17-13-11-9-7-2/h30-31H,3,6-28H2,1-2,4-5H3. The van der Waals surface area contributed by atoms with Crippen molar-refractivity contribution >= 4 is 5.97 Å². The van der Waals surface area contributed by atoms with Gasteiger partial charge in [-0.3, -0.25) is 0 Å². The van der Waals surface area contributed by atoms with Crippen LogP contribution in [0.15, 0.2) is 12.2 Å². The number of ether oxygens (including phenoxy) is 1. The topological polar surface area (TPSA) is 26.3 Å². The maximum Gasteiger partial charge on any atom is 0.333 e. The molecule has 0 bridgehead atoms. The Morgan fingerprint density at radius 1 is 0.618 bits per heavy atom. The fourth-order valence-corrected chi connectivity index (χ4v) is 4.90. The SMILES string of the molecule is C=C(C)C(=O)OCC(CCCCCCCCCCCC)CCCC(C)CCCCCCCCC. The number of hydrogen-bond donors (Lipinski definition) is 0. The highest BCUT2D eigenvalue weighted by Crippen LogP contribution is 2.23. The number of hydrogen-bond acceptors (Lipinski definition) is 2. The van der Waals surface area contributed by atoms with E-state index in [-0.39, 0.29) is 5.97 Å². The summed E-state index contributed by atoms with van der Waals surface area (Å²) >= 11 is 0. The van der Waals surface area contributed by atoms with Gasteiger partial charge in [0.1, 0.15) is 0 Å². The second-order valence-corrected chi connectivity index (χ2v) is 11.2. The van der Waals surface area contributed by atoms with Gasteiger partial charge in [0.05, 0.1) is 6.61 Å². The molecule has 0 saturated carbocycles. The minimum absolute atomic E-state index is 0.222. The van der Waals surface area contributed by atoms with E-state index in [0.717, 1.165) is 5.92 Å². The molecule has 0 aliphatic heterocycles. The van der Waals surface area contributed by atoms with Crippen LogP contribution in [0.1, 0.15) is 169 Å². The Kier molecular flexibility index (Phi) is 24.7. The lowest BCUT2D eigenvalue weighted by atomic mass is 9.91. The second kappa shape index (κ2) is 25.3. The number of esters is 1. The third-order valence-corrected chi connectivity index (χ3v) is 7.37. The third kappa shape index (κ3) is 23.0. The maximum atomic E-state index is 11.9. The van der Waals surface area contributed by atoms with Gasteiger partial charge in [-0.1, -0.05) is 156 Å². The van der Waals surface area contributed by atoms with Crippen molar-refractivity contribution in [3.63, 3.8) is 0 Å². The van der Waals surface area contributed by atoms with Crippen molar-refractivity contribution in [3.8, 4) is 0 Å². The van der Waals surface area contributed by atoms with E-state index in [1.54, 1.807) is 6.92 Å². The van der Waals surface area contributed by atoms with Gasteiger partial charge in [0.25, 0.3) is 0 Å². The second-order valence-electron chi connectivity index (χ2n) is 11.2. The molecule has 34 heavy (non-hydrogen) atoms. The first-order valence-electron chi connectivity index (χ1n) is 15.3. The predicted molar refractivity (Wildman–Crippen MR) is 151 cm³/mol. The highest BCUT2D eigenvalue weighted by molar-refractivity contribution is 5.86. The molecule has 0 aromatic rings. The number of carbonyl (C=O) groups excluding carboxylic acids is 1. The van der Waals surface area contributed by atoms with Gasteiger partial charge in [-0.05, 0) is 31.6 Å². The molecule has 0 rings (SSSR count). The van der Waals surface area contributed by atoms with Crippen LogP contribution in [0.2, 0.25) is 0 Å². The zero-order valence-electron chi connectivity index (χ0n) is 23.9. The molecule has 0 aromatic carbocycles. The van der Waals surface area contributed by atoms with E-state index in [9.17, 15) is 4.79 Å². The lowest BCUT2D eigenvalue weighted by Gasteiger charge is -2.18. The zero-order valence-corrected chi connectivity index (χ0v) is 23.9. The average Bonchev–Trinajstić information content (AvgIpc) is 2.82. The minimum Gasteiger partial charge on any atom is -0.462 e. The van der Waals surface area contributed by atoms with Crippen molar-refractivity contribution in [2.75, 3.05) is 6.61 Å². The fourth-order valence-electron chi connectivity index (χ4n) is 4.90. The molecular weight excluding hydrogens is 416 g/mol. The Hall–Kier alpha value is -0.790. The van der Waals surface area contributed by atoms with Gasteiger partial charge in [0, 0.05) is 5.57 Å². The van der Waals surface area contributed by atoms with Crippen LogP contribution in [0, 0.1) is 11.8 Å². The molecule has 2 unspecified atom stereocenters. The lowest BCUT2D eigenvalue weighted by molar-refractivity contribution is -0.140. The Morgan fingerprint density at radius 3 is 1.47 bits per heavy atom. The quantitative estimate of drug-likeness (QED) is 0.0701. The Bertz CT molecular complexity index is 456. The molecule has 0 spiro atoms. The number of carbonyl (C=O) groups is 1. The maximum absolute atomic E-state index is 11.9. The molecule has 2 heteroatoms. The van der Waals surface area contributed by atoms with Crippen LogP contribution >= 0.6 is 0 Å². The summed E-state index contributed by atoms with van der Waals surface area (Å²) in [6, 6.07) is 0. The Labute approximate surface area is 215 Å². The summed E-state index contributed by atoms with van der Waals surface area (Å²) in [6.45, 7) is 13.0. The first-order valence-corrected chi connectivity index (χ1v) is 15.3. The van der Waals surface area contributed by atoms with E-state index in [0.29, 0.717) is 18.1 Å². The van der Waals surface area contributed by atoms with E-state index in [1.807, 2.05) is 0 Å². The van der Waals surface area contributed by atoms with E-state index >= 15 is 0 Å². The molecule has 0 heterocycles. The van der Waals surface area contributed by atoms with Crippen LogP contribution in [0.5, 0.6) is 0 Å². The molecule has 0 N–H and O–H groups in total. The molecule has 0 aliphatic rings. The summed E-state index contributed by atoms with van der Waals surface area (Å²) in [5.41, 5.74) is 0.515. The first kappa shape index (κ1) is 33.2. The summed E-state index contributed by atoms with van der Waals surface area (Å²) in [4.78, 5) is 11.9. The van der Waals surface area contributed by atoms with Crippen molar-refractivity contribution in [2.45, 2.75) is 169 Å². The highest BCUT2D eigenvalue weighted by atomic mass is 16.5.